The average molecular weight is 360 g/mol. The molecule has 3 aromatic rings. The Hall–Kier alpha value is -3.54. The number of carbonyl (C=O) groups is 2. The number of hydrogen-bond donors (Lipinski definition) is 2. The molecule has 0 bridgehead atoms. The summed E-state index contributed by atoms with van der Waals surface area (Å²) in [6.07, 6.45) is 0. The van der Waals surface area contributed by atoms with Gasteiger partial charge in [-0.05, 0) is 63.2 Å². The molecular formula is C21H20N4O2. The maximum absolute atomic E-state index is 12.4. The van der Waals surface area contributed by atoms with Crippen molar-refractivity contribution in [2.75, 3.05) is 10.6 Å². The first kappa shape index (κ1) is 18.3. The summed E-state index contributed by atoms with van der Waals surface area (Å²) >= 11 is 0. The van der Waals surface area contributed by atoms with E-state index in [1.54, 1.807) is 48.5 Å². The molecule has 1 heterocycles. The molecule has 136 valence electrons. The maximum Gasteiger partial charge on any atom is 0.255 e. The van der Waals surface area contributed by atoms with Crippen LogP contribution < -0.4 is 10.6 Å². The fourth-order valence-corrected chi connectivity index (χ4v) is 2.64. The number of ketones is 1. The van der Waals surface area contributed by atoms with Crippen LogP contribution in [0, 0.1) is 13.8 Å². The molecule has 0 saturated carbocycles. The zero-order chi connectivity index (χ0) is 19.4. The number of carbonyl (C=O) groups excluding carboxylic acids is 2. The van der Waals surface area contributed by atoms with E-state index in [1.807, 2.05) is 19.9 Å². The SMILES string of the molecule is CC(=O)c1cccc(NC(=O)c2ccc(Nc3nc(C)cc(C)n3)cc2)c1. The van der Waals surface area contributed by atoms with Crippen molar-refractivity contribution in [3.05, 3.63) is 77.1 Å². The minimum atomic E-state index is -0.245. The summed E-state index contributed by atoms with van der Waals surface area (Å²) in [5.41, 5.74) is 4.20. The Bertz CT molecular complexity index is 977. The lowest BCUT2D eigenvalue weighted by atomic mass is 10.1. The van der Waals surface area contributed by atoms with E-state index < -0.39 is 0 Å². The number of anilines is 3. The summed E-state index contributed by atoms with van der Waals surface area (Å²) in [6.45, 7) is 5.31. The molecule has 27 heavy (non-hydrogen) atoms. The first-order valence-electron chi connectivity index (χ1n) is 8.52. The summed E-state index contributed by atoms with van der Waals surface area (Å²) in [5.74, 6) is 0.228. The van der Waals surface area contributed by atoms with Gasteiger partial charge in [0.15, 0.2) is 5.78 Å². The zero-order valence-electron chi connectivity index (χ0n) is 15.4. The highest BCUT2D eigenvalue weighted by molar-refractivity contribution is 6.05. The standard InChI is InChI=1S/C21H20N4O2/c1-13-11-14(2)23-21(22-13)25-18-9-7-16(8-10-18)20(27)24-19-6-4-5-17(12-19)15(3)26/h4-12H,1-3H3,(H,24,27)(H,22,23,25). The van der Waals surface area contributed by atoms with Crippen molar-refractivity contribution in [1.82, 2.24) is 9.97 Å². The van der Waals surface area contributed by atoms with Crippen LogP contribution >= 0.6 is 0 Å². The zero-order valence-corrected chi connectivity index (χ0v) is 15.4. The third-order valence-corrected chi connectivity index (χ3v) is 3.91. The smallest absolute Gasteiger partial charge is 0.255 e. The number of aromatic nitrogens is 2. The topological polar surface area (TPSA) is 84.0 Å². The van der Waals surface area contributed by atoms with Crippen LogP contribution in [0.15, 0.2) is 54.6 Å². The van der Waals surface area contributed by atoms with Crippen LogP contribution in [-0.2, 0) is 0 Å². The van der Waals surface area contributed by atoms with Gasteiger partial charge >= 0.3 is 0 Å². The normalized spacial score (nSPS) is 10.3. The number of benzene rings is 2. The number of amides is 1. The molecule has 2 N–H and O–H groups in total. The summed E-state index contributed by atoms with van der Waals surface area (Å²) in [4.78, 5) is 32.5. The molecule has 6 heteroatoms. The summed E-state index contributed by atoms with van der Waals surface area (Å²) in [7, 11) is 0. The van der Waals surface area contributed by atoms with Crippen molar-refractivity contribution in [2.24, 2.45) is 0 Å². The van der Waals surface area contributed by atoms with E-state index in [0.717, 1.165) is 17.1 Å². The van der Waals surface area contributed by atoms with Crippen molar-refractivity contribution in [3.8, 4) is 0 Å². The van der Waals surface area contributed by atoms with E-state index in [2.05, 4.69) is 20.6 Å². The van der Waals surface area contributed by atoms with Gasteiger partial charge in [-0.2, -0.15) is 0 Å². The summed E-state index contributed by atoms with van der Waals surface area (Å²) < 4.78 is 0. The van der Waals surface area contributed by atoms with E-state index in [1.165, 1.54) is 6.92 Å². The first-order valence-corrected chi connectivity index (χ1v) is 8.52. The van der Waals surface area contributed by atoms with Gasteiger partial charge in [-0.1, -0.05) is 12.1 Å². The van der Waals surface area contributed by atoms with E-state index in [9.17, 15) is 9.59 Å². The number of Topliss-reactive ketones (excluding diaryl/α,β-unsaturated/α-hetero) is 1. The molecule has 3 rings (SSSR count). The van der Waals surface area contributed by atoms with Crippen molar-refractivity contribution >= 4 is 29.0 Å². The predicted molar refractivity (Wildman–Crippen MR) is 106 cm³/mol. The van der Waals surface area contributed by atoms with Gasteiger partial charge < -0.3 is 10.6 Å². The van der Waals surface area contributed by atoms with E-state index in [4.69, 9.17) is 0 Å². The third-order valence-electron chi connectivity index (χ3n) is 3.91. The number of rotatable bonds is 5. The van der Waals surface area contributed by atoms with Crippen LogP contribution in [0.4, 0.5) is 17.3 Å². The first-order chi connectivity index (χ1) is 12.9. The van der Waals surface area contributed by atoms with E-state index in [-0.39, 0.29) is 11.7 Å². The quantitative estimate of drug-likeness (QED) is 0.663. The second-order valence-electron chi connectivity index (χ2n) is 6.27. The molecule has 0 aliphatic carbocycles. The lowest BCUT2D eigenvalue weighted by molar-refractivity contribution is 0.101. The molecule has 0 fully saturated rings. The highest BCUT2D eigenvalue weighted by Gasteiger charge is 2.08. The minimum Gasteiger partial charge on any atom is -0.324 e. The summed E-state index contributed by atoms with van der Waals surface area (Å²) in [5, 5.41) is 5.93. The van der Waals surface area contributed by atoms with Crippen molar-refractivity contribution in [3.63, 3.8) is 0 Å². The Balaban J connectivity index is 1.70. The van der Waals surface area contributed by atoms with Gasteiger partial charge in [0.2, 0.25) is 5.95 Å². The summed E-state index contributed by atoms with van der Waals surface area (Å²) in [6, 6.07) is 15.8. The van der Waals surface area contributed by atoms with Crippen LogP contribution in [0.1, 0.15) is 39.0 Å². The molecule has 0 unspecified atom stereocenters. The van der Waals surface area contributed by atoms with Gasteiger partial charge in [0, 0.05) is 33.9 Å². The lowest BCUT2D eigenvalue weighted by Crippen LogP contribution is -2.12. The van der Waals surface area contributed by atoms with Crippen molar-refractivity contribution < 1.29 is 9.59 Å². The second kappa shape index (κ2) is 7.78. The molecule has 0 aliphatic rings. The van der Waals surface area contributed by atoms with Gasteiger partial charge in [-0.15, -0.1) is 0 Å². The monoisotopic (exact) mass is 360 g/mol. The Morgan fingerprint density at radius 3 is 2.11 bits per heavy atom. The van der Waals surface area contributed by atoms with E-state index in [0.29, 0.717) is 22.8 Å². The molecule has 0 atom stereocenters. The van der Waals surface area contributed by atoms with Crippen LogP contribution in [0.25, 0.3) is 0 Å². The van der Waals surface area contributed by atoms with Gasteiger partial charge in [0.1, 0.15) is 0 Å². The lowest BCUT2D eigenvalue weighted by Gasteiger charge is -2.09. The van der Waals surface area contributed by atoms with Gasteiger partial charge in [-0.3, -0.25) is 9.59 Å². The fourth-order valence-electron chi connectivity index (χ4n) is 2.64. The van der Waals surface area contributed by atoms with Gasteiger partial charge in [0.05, 0.1) is 0 Å². The van der Waals surface area contributed by atoms with Crippen LogP contribution in [-0.4, -0.2) is 21.7 Å². The fraction of sp³-hybridized carbons (Fsp3) is 0.143. The highest BCUT2D eigenvalue weighted by atomic mass is 16.1. The Morgan fingerprint density at radius 2 is 1.48 bits per heavy atom. The molecule has 1 amide bonds. The third kappa shape index (κ3) is 4.76. The maximum atomic E-state index is 12.4. The Labute approximate surface area is 157 Å². The van der Waals surface area contributed by atoms with Crippen LogP contribution in [0.2, 0.25) is 0 Å². The Kier molecular flexibility index (Phi) is 5.26. The van der Waals surface area contributed by atoms with Gasteiger partial charge in [-0.25, -0.2) is 9.97 Å². The number of nitrogens with zero attached hydrogens (tertiary/aromatic N) is 2. The largest absolute Gasteiger partial charge is 0.324 e. The minimum absolute atomic E-state index is 0.0462. The molecule has 0 aliphatic heterocycles. The highest BCUT2D eigenvalue weighted by Crippen LogP contribution is 2.17. The molecular weight excluding hydrogens is 340 g/mol. The van der Waals surface area contributed by atoms with E-state index >= 15 is 0 Å². The van der Waals surface area contributed by atoms with Crippen LogP contribution in [0.3, 0.4) is 0 Å². The van der Waals surface area contributed by atoms with Gasteiger partial charge in [0.25, 0.3) is 5.91 Å². The average Bonchev–Trinajstić information content (AvgIpc) is 2.61. The molecule has 6 nitrogen and oxygen atoms in total. The molecule has 0 spiro atoms. The van der Waals surface area contributed by atoms with Crippen LogP contribution in [0.5, 0.6) is 0 Å². The van der Waals surface area contributed by atoms with Crippen molar-refractivity contribution in [2.45, 2.75) is 20.8 Å². The second-order valence-corrected chi connectivity index (χ2v) is 6.27. The van der Waals surface area contributed by atoms with Crippen molar-refractivity contribution in [1.29, 1.82) is 0 Å². The molecule has 1 aromatic heterocycles. The number of hydrogen-bond acceptors (Lipinski definition) is 5. The molecule has 2 aromatic carbocycles. The Morgan fingerprint density at radius 1 is 0.815 bits per heavy atom. The molecule has 0 radical (unpaired) electrons. The number of nitrogens with one attached hydrogen (secondary N) is 2. The molecule has 0 saturated heterocycles. The predicted octanol–water partition coefficient (Wildman–Crippen LogP) is 4.29. The number of aryl methyl sites for hydroxylation is 2.